The quantitative estimate of drug-likeness (QED) is 0.694. The Bertz CT molecular complexity index is 339. The van der Waals surface area contributed by atoms with Gasteiger partial charge in [-0.1, -0.05) is 56.0 Å². The predicted molar refractivity (Wildman–Crippen MR) is 73.1 cm³/mol. The molecule has 0 aliphatic carbocycles. The van der Waals surface area contributed by atoms with Crippen LogP contribution in [0.5, 0.6) is 0 Å². The molecule has 0 unspecified atom stereocenters. The second-order valence-corrected chi connectivity index (χ2v) is 15.4. The van der Waals surface area contributed by atoms with Gasteiger partial charge in [0.1, 0.15) is 9.04 Å². The van der Waals surface area contributed by atoms with Gasteiger partial charge in [0, 0.05) is 7.59 Å². The fourth-order valence-corrected chi connectivity index (χ4v) is 4.84. The minimum absolute atomic E-state index is 0.107. The zero-order valence-electron chi connectivity index (χ0n) is 10.3. The smallest absolute Gasteiger partial charge is 0.110 e. The summed E-state index contributed by atoms with van der Waals surface area (Å²) >= 11 is 0. The van der Waals surface area contributed by atoms with Crippen molar-refractivity contribution in [1.29, 1.82) is 0 Å². The molecule has 2 radical (unpaired) electrons. The van der Waals surface area contributed by atoms with E-state index in [9.17, 15) is 4.39 Å². The van der Waals surface area contributed by atoms with Crippen LogP contribution < -0.4 is 0 Å². The second kappa shape index (κ2) is 6.16. The third-order valence-corrected chi connectivity index (χ3v) is 6.25. The zero-order valence-corrected chi connectivity index (χ0v) is 12.3. The number of rotatable bonds is 5. The number of hydrogen-bond acceptors (Lipinski definition) is 0. The first-order chi connectivity index (χ1) is 7.47. The van der Waals surface area contributed by atoms with Crippen molar-refractivity contribution in [3.8, 4) is 0 Å². The molecule has 1 aromatic rings. The molecule has 0 nitrogen and oxygen atoms in total. The van der Waals surface area contributed by atoms with Gasteiger partial charge in [-0.25, -0.2) is 4.39 Å². The summed E-state index contributed by atoms with van der Waals surface area (Å²) in [7, 11) is -0.849. The van der Waals surface area contributed by atoms with E-state index >= 15 is 0 Å². The highest BCUT2D eigenvalue weighted by Gasteiger charge is 2.16. The van der Waals surface area contributed by atoms with Crippen molar-refractivity contribution in [3.63, 3.8) is 0 Å². The lowest BCUT2D eigenvalue weighted by molar-refractivity contribution is 0.684. The number of allylic oxidation sites excluding steroid dienone is 1. The third kappa shape index (κ3) is 6.03. The van der Waals surface area contributed by atoms with E-state index in [1.807, 2.05) is 18.2 Å². The summed E-state index contributed by atoms with van der Waals surface area (Å²) in [5.41, 5.74) is 1.39. The zero-order chi connectivity index (χ0) is 12.0. The number of hydrogen-bond donors (Lipinski definition) is 0. The maximum absolute atomic E-state index is 13.5. The molecule has 86 valence electrons. The highest BCUT2D eigenvalue weighted by molar-refractivity contribution is 7.25. The van der Waals surface area contributed by atoms with Crippen molar-refractivity contribution < 1.29 is 4.39 Å². The summed E-state index contributed by atoms with van der Waals surface area (Å²) < 4.78 is 13.5. The normalized spacial score (nSPS) is 12.9. The van der Waals surface area contributed by atoms with Crippen molar-refractivity contribution in [2.75, 3.05) is 0 Å². The Morgan fingerprint density at radius 1 is 1.25 bits per heavy atom. The average Bonchev–Trinajstić information content (AvgIpc) is 2.16. The molecule has 0 saturated heterocycles. The van der Waals surface area contributed by atoms with Gasteiger partial charge in [-0.3, -0.25) is 0 Å². The summed E-state index contributed by atoms with van der Waals surface area (Å²) in [5, 5.41) is 0. The fraction of sp³-hybridized carbons (Fsp3) is 0.385. The Hall–Kier alpha value is -0.676. The van der Waals surface area contributed by atoms with E-state index < -0.39 is 7.59 Å². The van der Waals surface area contributed by atoms with Crippen LogP contribution in [-0.2, 0) is 6.42 Å². The molecule has 0 saturated carbocycles. The minimum atomic E-state index is -1.27. The Morgan fingerprint density at radius 2 is 1.88 bits per heavy atom. The van der Waals surface area contributed by atoms with Gasteiger partial charge in [-0.2, -0.15) is 0 Å². The summed E-state index contributed by atoms with van der Waals surface area (Å²) in [6.07, 6.45) is 3.52. The molecule has 0 spiro atoms. The van der Waals surface area contributed by atoms with Gasteiger partial charge in [0.15, 0.2) is 0 Å². The van der Waals surface area contributed by atoms with Gasteiger partial charge in [-0.05, 0) is 18.4 Å². The van der Waals surface area contributed by atoms with E-state index in [0.717, 1.165) is 12.8 Å². The first-order valence-corrected chi connectivity index (χ1v) is 11.2. The van der Waals surface area contributed by atoms with E-state index in [2.05, 4.69) is 31.8 Å². The van der Waals surface area contributed by atoms with E-state index in [0.29, 0.717) is 9.04 Å². The van der Waals surface area contributed by atoms with Crippen LogP contribution >= 0.6 is 0 Å². The van der Waals surface area contributed by atoms with Gasteiger partial charge < -0.3 is 0 Å². The van der Waals surface area contributed by atoms with Crippen molar-refractivity contribution in [1.82, 2.24) is 0 Å². The number of halogens is 1. The molecular weight excluding hydrogens is 231 g/mol. The van der Waals surface area contributed by atoms with E-state index in [-0.39, 0.29) is 5.45 Å². The molecular formula is C13H19FSi2. The van der Waals surface area contributed by atoms with Crippen molar-refractivity contribution in [2.45, 2.75) is 32.5 Å². The molecule has 1 aromatic carbocycles. The van der Waals surface area contributed by atoms with Crippen LogP contribution in [0.25, 0.3) is 0 Å². The molecule has 0 atom stereocenters. The molecule has 0 amide bonds. The largest absolute Gasteiger partial charge is 0.219 e. The summed E-state index contributed by atoms with van der Waals surface area (Å²) in [6, 6.07) is 10.2. The number of benzene rings is 1. The van der Waals surface area contributed by atoms with Gasteiger partial charge in [0.05, 0.1) is 5.45 Å². The molecule has 0 aromatic heterocycles. The van der Waals surface area contributed by atoms with Crippen molar-refractivity contribution in [3.05, 3.63) is 47.4 Å². The lowest BCUT2D eigenvalue weighted by Crippen LogP contribution is -2.30. The number of aryl methyl sites for hydroxylation is 1. The van der Waals surface area contributed by atoms with Crippen LogP contribution in [0.3, 0.4) is 0 Å². The fourth-order valence-electron chi connectivity index (χ4n) is 1.42. The standard InChI is InChI=1S/C13H19FSi2/c1-16(2,3)15-13(14)11-7-10-12-8-5-4-6-9-12/h4-6,8-9,11H,7,10H2,1-3H3/b13-11+. The maximum Gasteiger partial charge on any atom is 0.110 e. The predicted octanol–water partition coefficient (Wildman–Crippen LogP) is 3.97. The van der Waals surface area contributed by atoms with E-state index in [1.54, 1.807) is 6.08 Å². The topological polar surface area (TPSA) is 0 Å². The molecule has 0 N–H and O–H groups in total. The van der Waals surface area contributed by atoms with Gasteiger partial charge in [-0.15, -0.1) is 0 Å². The van der Waals surface area contributed by atoms with Crippen molar-refractivity contribution in [2.24, 2.45) is 0 Å². The van der Waals surface area contributed by atoms with Crippen LogP contribution in [-0.4, -0.2) is 16.6 Å². The molecule has 0 bridgehead atoms. The van der Waals surface area contributed by atoms with Gasteiger partial charge >= 0.3 is 0 Å². The molecule has 0 aliphatic rings. The van der Waals surface area contributed by atoms with E-state index in [1.165, 1.54) is 5.56 Å². The first-order valence-electron chi connectivity index (χ1n) is 5.65. The molecule has 3 heteroatoms. The summed E-state index contributed by atoms with van der Waals surface area (Å²) in [6.45, 7) is 6.61. The summed E-state index contributed by atoms with van der Waals surface area (Å²) in [4.78, 5) is 0. The highest BCUT2D eigenvalue weighted by atomic mass is 29.2. The average molecular weight is 250 g/mol. The SMILES string of the molecule is C[Si](C)(C)[Si]/C(F)=C/CCc1ccccc1. The molecule has 0 aliphatic heterocycles. The highest BCUT2D eigenvalue weighted by Crippen LogP contribution is 2.09. The van der Waals surface area contributed by atoms with Crippen LogP contribution in [0.15, 0.2) is 41.9 Å². The lowest BCUT2D eigenvalue weighted by atomic mass is 10.1. The third-order valence-electron chi connectivity index (χ3n) is 2.09. The Kier molecular flexibility index (Phi) is 5.15. The second-order valence-electron chi connectivity index (χ2n) is 4.95. The molecule has 0 heterocycles. The monoisotopic (exact) mass is 250 g/mol. The Morgan fingerprint density at radius 3 is 2.44 bits per heavy atom. The van der Waals surface area contributed by atoms with Crippen LogP contribution in [0.2, 0.25) is 19.6 Å². The maximum atomic E-state index is 13.5. The summed E-state index contributed by atoms with van der Waals surface area (Å²) in [5.74, 6) is 0. The van der Waals surface area contributed by atoms with Gasteiger partial charge in [0.2, 0.25) is 0 Å². The minimum Gasteiger partial charge on any atom is -0.219 e. The molecule has 16 heavy (non-hydrogen) atoms. The van der Waals surface area contributed by atoms with Gasteiger partial charge in [0.25, 0.3) is 0 Å². The van der Waals surface area contributed by atoms with Crippen molar-refractivity contribution >= 4 is 16.6 Å². The van der Waals surface area contributed by atoms with E-state index in [4.69, 9.17) is 0 Å². The Labute approximate surface area is 101 Å². The van der Waals surface area contributed by atoms with Crippen LogP contribution in [0.4, 0.5) is 4.39 Å². The Balaban J connectivity index is 2.37. The lowest BCUT2D eigenvalue weighted by Gasteiger charge is -2.12. The first kappa shape index (κ1) is 13.4. The molecule has 0 fully saturated rings. The van der Waals surface area contributed by atoms with Crippen LogP contribution in [0, 0.1) is 0 Å². The van der Waals surface area contributed by atoms with Crippen LogP contribution in [0.1, 0.15) is 12.0 Å². The molecule has 1 rings (SSSR count).